The van der Waals surface area contributed by atoms with Gasteiger partial charge in [0.2, 0.25) is 5.91 Å². The van der Waals surface area contributed by atoms with E-state index in [0.717, 1.165) is 12.0 Å². The van der Waals surface area contributed by atoms with Crippen molar-refractivity contribution in [1.82, 2.24) is 10.2 Å². The quantitative estimate of drug-likeness (QED) is 0.625. The lowest BCUT2D eigenvalue weighted by Gasteiger charge is -2.21. The number of rotatable bonds is 9. The standard InChI is InChI=1S/C26H34N2O5/c1-17(2)12-13-27-25(29)23-16-28(26(30)18-6-8-19(31-3)9-7-18)15-22(23)21-11-10-20(32-4)14-24(21)33-5/h6-11,14,17,22-23H,12-13,15-16H2,1-5H3,(H,27,29)/t22-,23-/m0/s1. The summed E-state index contributed by atoms with van der Waals surface area (Å²) in [7, 11) is 4.79. The topological polar surface area (TPSA) is 77.1 Å². The average Bonchev–Trinajstić information content (AvgIpc) is 3.28. The molecule has 33 heavy (non-hydrogen) atoms. The van der Waals surface area contributed by atoms with Gasteiger partial charge in [0.15, 0.2) is 0 Å². The Labute approximate surface area is 196 Å². The summed E-state index contributed by atoms with van der Waals surface area (Å²) in [6, 6.07) is 12.6. The van der Waals surface area contributed by atoms with Crippen LogP contribution in [0.15, 0.2) is 42.5 Å². The van der Waals surface area contributed by atoms with Crippen LogP contribution in [0.2, 0.25) is 0 Å². The monoisotopic (exact) mass is 454 g/mol. The Morgan fingerprint density at radius 3 is 2.24 bits per heavy atom. The fourth-order valence-corrected chi connectivity index (χ4v) is 4.21. The molecule has 1 heterocycles. The number of carbonyl (C=O) groups is 2. The van der Waals surface area contributed by atoms with Gasteiger partial charge in [0, 0.05) is 42.7 Å². The number of ether oxygens (including phenoxy) is 3. The van der Waals surface area contributed by atoms with Gasteiger partial charge in [-0.25, -0.2) is 0 Å². The fourth-order valence-electron chi connectivity index (χ4n) is 4.21. The minimum absolute atomic E-state index is 0.0384. The molecule has 0 aliphatic carbocycles. The van der Waals surface area contributed by atoms with Gasteiger partial charge < -0.3 is 24.4 Å². The highest BCUT2D eigenvalue weighted by molar-refractivity contribution is 5.95. The van der Waals surface area contributed by atoms with E-state index in [0.29, 0.717) is 48.4 Å². The fraction of sp³-hybridized carbons (Fsp3) is 0.462. The van der Waals surface area contributed by atoms with Crippen molar-refractivity contribution >= 4 is 11.8 Å². The highest BCUT2D eigenvalue weighted by Gasteiger charge is 2.41. The largest absolute Gasteiger partial charge is 0.497 e. The third kappa shape index (κ3) is 5.78. The Morgan fingerprint density at radius 2 is 1.64 bits per heavy atom. The Hall–Kier alpha value is -3.22. The molecule has 7 nitrogen and oxygen atoms in total. The molecule has 0 aromatic heterocycles. The maximum absolute atomic E-state index is 13.3. The van der Waals surface area contributed by atoms with E-state index >= 15 is 0 Å². The van der Waals surface area contributed by atoms with Crippen LogP contribution in [0.4, 0.5) is 0 Å². The van der Waals surface area contributed by atoms with Crippen LogP contribution < -0.4 is 19.5 Å². The lowest BCUT2D eigenvalue weighted by Crippen LogP contribution is -2.36. The zero-order valence-electron chi connectivity index (χ0n) is 20.1. The second-order valence-electron chi connectivity index (χ2n) is 8.73. The lowest BCUT2D eigenvalue weighted by atomic mass is 9.87. The summed E-state index contributed by atoms with van der Waals surface area (Å²) >= 11 is 0. The first kappa shape index (κ1) is 24.4. The van der Waals surface area contributed by atoms with Gasteiger partial charge in [0.25, 0.3) is 5.91 Å². The van der Waals surface area contributed by atoms with Crippen LogP contribution in [0.3, 0.4) is 0 Å². The van der Waals surface area contributed by atoms with E-state index in [2.05, 4.69) is 19.2 Å². The van der Waals surface area contributed by atoms with Crippen molar-refractivity contribution in [3.05, 3.63) is 53.6 Å². The molecule has 2 aromatic rings. The first-order valence-electron chi connectivity index (χ1n) is 11.3. The van der Waals surface area contributed by atoms with E-state index < -0.39 is 0 Å². The maximum Gasteiger partial charge on any atom is 0.253 e. The number of methoxy groups -OCH3 is 3. The van der Waals surface area contributed by atoms with Crippen LogP contribution in [-0.2, 0) is 4.79 Å². The van der Waals surface area contributed by atoms with Crippen molar-refractivity contribution in [3.8, 4) is 17.2 Å². The number of nitrogens with zero attached hydrogens (tertiary/aromatic N) is 1. The second-order valence-corrected chi connectivity index (χ2v) is 8.73. The Kier molecular flexibility index (Phi) is 8.20. The molecule has 1 saturated heterocycles. The molecule has 0 radical (unpaired) electrons. The van der Waals surface area contributed by atoms with Gasteiger partial charge >= 0.3 is 0 Å². The first-order valence-corrected chi connectivity index (χ1v) is 11.3. The van der Waals surface area contributed by atoms with E-state index in [9.17, 15) is 9.59 Å². The molecule has 178 valence electrons. The van der Waals surface area contributed by atoms with Crippen LogP contribution >= 0.6 is 0 Å². The van der Waals surface area contributed by atoms with Crippen LogP contribution in [-0.4, -0.2) is 57.7 Å². The minimum atomic E-state index is -0.373. The molecule has 7 heteroatoms. The molecular weight excluding hydrogens is 420 g/mol. The zero-order valence-corrected chi connectivity index (χ0v) is 20.1. The highest BCUT2D eigenvalue weighted by Crippen LogP contribution is 2.39. The number of amides is 2. The SMILES string of the molecule is COc1ccc(C(=O)N2C[C@H](C(=O)NCCC(C)C)[C@H](c3ccc(OC)cc3OC)C2)cc1. The van der Waals surface area contributed by atoms with E-state index in [1.165, 1.54) is 0 Å². The van der Waals surface area contributed by atoms with Crippen LogP contribution in [0.25, 0.3) is 0 Å². The van der Waals surface area contributed by atoms with Crippen LogP contribution in [0.1, 0.15) is 42.1 Å². The number of hydrogen-bond donors (Lipinski definition) is 1. The van der Waals surface area contributed by atoms with Gasteiger partial charge in [-0.2, -0.15) is 0 Å². The van der Waals surface area contributed by atoms with E-state index in [4.69, 9.17) is 14.2 Å². The molecule has 2 atom stereocenters. The summed E-state index contributed by atoms with van der Waals surface area (Å²) in [6.07, 6.45) is 0.906. The van der Waals surface area contributed by atoms with Gasteiger partial charge in [-0.05, 0) is 42.7 Å². The lowest BCUT2D eigenvalue weighted by molar-refractivity contribution is -0.124. The van der Waals surface area contributed by atoms with Crippen molar-refractivity contribution in [2.75, 3.05) is 41.0 Å². The molecule has 0 spiro atoms. The molecule has 1 fully saturated rings. The normalized spacial score (nSPS) is 17.7. The van der Waals surface area contributed by atoms with Crippen molar-refractivity contribution < 1.29 is 23.8 Å². The number of nitrogens with one attached hydrogen (secondary N) is 1. The molecule has 3 rings (SSSR count). The second kappa shape index (κ2) is 11.1. The third-order valence-corrected chi connectivity index (χ3v) is 6.14. The molecule has 0 unspecified atom stereocenters. The summed E-state index contributed by atoms with van der Waals surface area (Å²) in [5.41, 5.74) is 1.46. The molecule has 0 saturated carbocycles. The summed E-state index contributed by atoms with van der Waals surface area (Å²) < 4.78 is 16.1. The predicted molar refractivity (Wildman–Crippen MR) is 127 cm³/mol. The van der Waals surface area contributed by atoms with E-state index in [-0.39, 0.29) is 23.7 Å². The molecule has 2 aromatic carbocycles. The van der Waals surface area contributed by atoms with Crippen molar-refractivity contribution in [1.29, 1.82) is 0 Å². The Morgan fingerprint density at radius 1 is 0.970 bits per heavy atom. The number of carbonyl (C=O) groups excluding carboxylic acids is 2. The summed E-state index contributed by atoms with van der Waals surface area (Å²) in [4.78, 5) is 28.2. The number of benzene rings is 2. The third-order valence-electron chi connectivity index (χ3n) is 6.14. The van der Waals surface area contributed by atoms with Gasteiger partial charge in [0.05, 0.1) is 27.2 Å². The molecule has 0 bridgehead atoms. The minimum Gasteiger partial charge on any atom is -0.497 e. The van der Waals surface area contributed by atoms with Crippen molar-refractivity contribution in [3.63, 3.8) is 0 Å². The van der Waals surface area contributed by atoms with Gasteiger partial charge in [-0.1, -0.05) is 19.9 Å². The van der Waals surface area contributed by atoms with Gasteiger partial charge in [-0.3, -0.25) is 9.59 Å². The zero-order chi connectivity index (χ0) is 24.0. The average molecular weight is 455 g/mol. The van der Waals surface area contributed by atoms with Crippen LogP contribution in [0, 0.1) is 11.8 Å². The first-order chi connectivity index (χ1) is 15.9. The smallest absolute Gasteiger partial charge is 0.253 e. The molecular formula is C26H34N2O5. The van der Waals surface area contributed by atoms with Gasteiger partial charge in [0.1, 0.15) is 17.2 Å². The van der Waals surface area contributed by atoms with Crippen molar-refractivity contribution in [2.24, 2.45) is 11.8 Å². The summed E-state index contributed by atoms with van der Waals surface area (Å²) in [5.74, 6) is 1.82. The predicted octanol–water partition coefficient (Wildman–Crippen LogP) is 3.73. The number of hydrogen-bond acceptors (Lipinski definition) is 5. The highest BCUT2D eigenvalue weighted by atomic mass is 16.5. The number of likely N-dealkylation sites (tertiary alicyclic amines) is 1. The van der Waals surface area contributed by atoms with E-state index in [1.54, 1.807) is 50.5 Å². The molecule has 1 aliphatic heterocycles. The Bertz CT molecular complexity index is 958. The van der Waals surface area contributed by atoms with E-state index in [1.807, 2.05) is 18.2 Å². The van der Waals surface area contributed by atoms with Crippen molar-refractivity contribution in [2.45, 2.75) is 26.2 Å². The molecule has 1 N–H and O–H groups in total. The van der Waals surface area contributed by atoms with Gasteiger partial charge in [-0.15, -0.1) is 0 Å². The Balaban J connectivity index is 1.87. The van der Waals surface area contributed by atoms with Crippen LogP contribution in [0.5, 0.6) is 17.2 Å². The maximum atomic E-state index is 13.3. The summed E-state index contributed by atoms with van der Waals surface area (Å²) in [6.45, 7) is 5.64. The molecule has 1 aliphatic rings. The molecule has 2 amide bonds. The summed E-state index contributed by atoms with van der Waals surface area (Å²) in [5, 5.41) is 3.07.